The van der Waals surface area contributed by atoms with E-state index < -0.39 is 0 Å². The lowest BCUT2D eigenvalue weighted by molar-refractivity contribution is -0.190. The normalized spacial score (nSPS) is 28.7. The van der Waals surface area contributed by atoms with Crippen molar-refractivity contribution in [3.63, 3.8) is 0 Å². The Bertz CT molecular complexity index is 720. The number of rotatable bonds is 0. The Morgan fingerprint density at radius 1 is 0.475 bits per heavy atom. The maximum absolute atomic E-state index is 5.69. The van der Waals surface area contributed by atoms with Crippen molar-refractivity contribution < 1.29 is 9.47 Å². The molecular formula is C34H66N4O2. The van der Waals surface area contributed by atoms with E-state index in [1.165, 1.54) is 84.2 Å². The second-order valence-electron chi connectivity index (χ2n) is 17.0. The number of nitrogens with zero attached hydrogens (tertiary/aromatic N) is 3. The van der Waals surface area contributed by atoms with Gasteiger partial charge in [-0.2, -0.15) is 0 Å². The summed E-state index contributed by atoms with van der Waals surface area (Å²) >= 11 is 0. The summed E-state index contributed by atoms with van der Waals surface area (Å²) in [6.45, 7) is 32.3. The fraction of sp³-hybridized carbons (Fsp3) is 1.00. The first-order valence-corrected chi connectivity index (χ1v) is 16.8. The van der Waals surface area contributed by atoms with Crippen molar-refractivity contribution in [3.8, 4) is 0 Å². The van der Waals surface area contributed by atoms with E-state index in [4.69, 9.17) is 9.47 Å². The maximum Gasteiger partial charge on any atom is 0.170 e. The molecule has 0 unspecified atom stereocenters. The highest BCUT2D eigenvalue weighted by atomic mass is 16.7. The average Bonchev–Trinajstić information content (AvgIpc) is 3.29. The van der Waals surface area contributed by atoms with Crippen LogP contribution in [0.25, 0.3) is 0 Å². The van der Waals surface area contributed by atoms with Crippen LogP contribution in [0.1, 0.15) is 120 Å². The predicted molar refractivity (Wildman–Crippen MR) is 168 cm³/mol. The minimum atomic E-state index is -0.220. The Morgan fingerprint density at radius 3 is 1.10 bits per heavy atom. The molecule has 0 bridgehead atoms. The monoisotopic (exact) mass is 563 g/mol. The van der Waals surface area contributed by atoms with Crippen LogP contribution in [0.2, 0.25) is 0 Å². The molecule has 6 heteroatoms. The molecule has 1 saturated carbocycles. The summed E-state index contributed by atoms with van der Waals surface area (Å²) in [6, 6.07) is 0. The van der Waals surface area contributed by atoms with Crippen LogP contribution in [0.15, 0.2) is 0 Å². The van der Waals surface area contributed by atoms with Gasteiger partial charge in [-0.1, -0.05) is 6.42 Å². The van der Waals surface area contributed by atoms with Crippen LogP contribution in [0, 0.1) is 10.8 Å². The van der Waals surface area contributed by atoms with Gasteiger partial charge in [0.05, 0.1) is 13.2 Å². The fourth-order valence-electron chi connectivity index (χ4n) is 7.62. The molecule has 0 radical (unpaired) electrons. The molecule has 6 aliphatic rings. The van der Waals surface area contributed by atoms with Gasteiger partial charge in [-0.25, -0.2) is 0 Å². The average molecular weight is 563 g/mol. The second-order valence-corrected chi connectivity index (χ2v) is 17.0. The molecule has 40 heavy (non-hydrogen) atoms. The lowest BCUT2D eigenvalue weighted by Gasteiger charge is -2.51. The van der Waals surface area contributed by atoms with E-state index in [-0.39, 0.29) is 11.3 Å². The van der Waals surface area contributed by atoms with E-state index in [9.17, 15) is 0 Å². The Labute approximate surface area is 248 Å². The van der Waals surface area contributed by atoms with Gasteiger partial charge in [0.25, 0.3) is 0 Å². The van der Waals surface area contributed by atoms with Gasteiger partial charge in [0.2, 0.25) is 0 Å². The Kier molecular flexibility index (Phi) is 10.1. The third kappa shape index (κ3) is 8.23. The smallest absolute Gasteiger partial charge is 0.170 e. The van der Waals surface area contributed by atoms with Gasteiger partial charge in [0, 0.05) is 55.6 Å². The summed E-state index contributed by atoms with van der Waals surface area (Å²) in [6.07, 6.45) is 12.3. The molecule has 0 atom stereocenters. The molecule has 6 rings (SSSR count). The van der Waals surface area contributed by atoms with Crippen LogP contribution in [0.3, 0.4) is 0 Å². The Balaban J connectivity index is 0.000000139. The number of nitrogens with one attached hydrogen (secondary N) is 1. The second kappa shape index (κ2) is 12.4. The van der Waals surface area contributed by atoms with Gasteiger partial charge in [0.15, 0.2) is 5.79 Å². The van der Waals surface area contributed by atoms with E-state index >= 15 is 0 Å². The summed E-state index contributed by atoms with van der Waals surface area (Å²) in [5, 5.41) is 3.41. The van der Waals surface area contributed by atoms with E-state index in [2.05, 4.69) is 82.3 Å². The van der Waals surface area contributed by atoms with Crippen LogP contribution >= 0.6 is 0 Å². The molecule has 5 saturated heterocycles. The van der Waals surface area contributed by atoms with Crippen molar-refractivity contribution in [2.24, 2.45) is 10.8 Å². The molecule has 5 heterocycles. The molecule has 0 aromatic heterocycles. The number of piperidine rings is 3. The van der Waals surface area contributed by atoms with E-state index in [1.54, 1.807) is 0 Å². The summed E-state index contributed by atoms with van der Waals surface area (Å²) in [7, 11) is 0. The summed E-state index contributed by atoms with van der Waals surface area (Å²) in [5.41, 5.74) is 2.55. The molecule has 5 aliphatic heterocycles. The predicted octanol–water partition coefficient (Wildman–Crippen LogP) is 6.15. The van der Waals surface area contributed by atoms with Crippen molar-refractivity contribution >= 4 is 0 Å². The zero-order valence-corrected chi connectivity index (χ0v) is 28.1. The first kappa shape index (κ1) is 32.7. The van der Waals surface area contributed by atoms with Gasteiger partial charge in [-0.05, 0) is 138 Å². The molecule has 234 valence electrons. The molecule has 3 spiro atoms. The lowest BCUT2D eigenvalue weighted by atomic mass is 9.63. The highest BCUT2D eigenvalue weighted by Gasteiger charge is 2.43. The minimum Gasteiger partial charge on any atom is -0.347 e. The zero-order valence-electron chi connectivity index (χ0n) is 28.1. The quantitative estimate of drug-likeness (QED) is 0.382. The van der Waals surface area contributed by atoms with Gasteiger partial charge in [0.1, 0.15) is 0 Å². The third-order valence-corrected chi connectivity index (χ3v) is 11.2. The SMILES string of the molecule is CC(C)(C)N1CCC2(CC1)CNC2.CC(C)(C)N1CCC2(CC1)OCCO2.CC(C)(C)N1CCC2(CCC2)CC1. The van der Waals surface area contributed by atoms with Gasteiger partial charge < -0.3 is 14.8 Å². The first-order chi connectivity index (χ1) is 18.6. The summed E-state index contributed by atoms with van der Waals surface area (Å²) < 4.78 is 11.4. The Hall–Kier alpha value is -0.240. The van der Waals surface area contributed by atoms with E-state index in [0.717, 1.165) is 44.6 Å². The highest BCUT2D eigenvalue weighted by molar-refractivity contribution is 4.98. The summed E-state index contributed by atoms with van der Waals surface area (Å²) in [5.74, 6) is -0.220. The van der Waals surface area contributed by atoms with Gasteiger partial charge in [-0.3, -0.25) is 14.7 Å². The molecule has 6 nitrogen and oxygen atoms in total. The number of hydrogen-bond acceptors (Lipinski definition) is 6. The molecule has 1 N–H and O–H groups in total. The van der Waals surface area contributed by atoms with Crippen LogP contribution in [-0.4, -0.2) is 103 Å². The maximum atomic E-state index is 5.69. The van der Waals surface area contributed by atoms with E-state index in [1.807, 2.05) is 0 Å². The fourth-order valence-corrected chi connectivity index (χ4v) is 7.62. The molecular weight excluding hydrogens is 496 g/mol. The van der Waals surface area contributed by atoms with Crippen LogP contribution in [0.5, 0.6) is 0 Å². The van der Waals surface area contributed by atoms with Crippen molar-refractivity contribution in [1.82, 2.24) is 20.0 Å². The minimum absolute atomic E-state index is 0.220. The van der Waals surface area contributed by atoms with Crippen molar-refractivity contribution in [3.05, 3.63) is 0 Å². The van der Waals surface area contributed by atoms with E-state index in [0.29, 0.717) is 16.5 Å². The molecule has 0 aromatic rings. The lowest BCUT2D eigenvalue weighted by Crippen LogP contribution is -2.60. The highest BCUT2D eigenvalue weighted by Crippen LogP contribution is 2.49. The largest absolute Gasteiger partial charge is 0.347 e. The summed E-state index contributed by atoms with van der Waals surface area (Å²) in [4.78, 5) is 7.77. The zero-order chi connectivity index (χ0) is 29.3. The molecule has 6 fully saturated rings. The topological polar surface area (TPSA) is 40.2 Å². The molecule has 0 aromatic carbocycles. The van der Waals surface area contributed by atoms with Crippen molar-refractivity contribution in [2.75, 3.05) is 65.6 Å². The van der Waals surface area contributed by atoms with Crippen molar-refractivity contribution in [1.29, 1.82) is 0 Å². The molecule has 0 amide bonds. The first-order valence-electron chi connectivity index (χ1n) is 16.8. The van der Waals surface area contributed by atoms with Crippen molar-refractivity contribution in [2.45, 2.75) is 143 Å². The third-order valence-electron chi connectivity index (χ3n) is 11.2. The standard InChI is InChI=1S/C12H23N.C11H22N2.C11H21NO2/c1-11(2,3)13-9-7-12(8-10-13)5-4-6-12;1-10(2,3)13-6-4-11(5-7-13)8-12-9-11;1-10(2,3)12-6-4-11(5-7-12)13-8-9-14-11/h4-10H2,1-3H3;12H,4-9H2,1-3H3;4-9H2,1-3H3. The number of ether oxygens (including phenoxy) is 2. The van der Waals surface area contributed by atoms with Crippen LogP contribution in [0.4, 0.5) is 0 Å². The van der Waals surface area contributed by atoms with Crippen LogP contribution in [-0.2, 0) is 9.47 Å². The number of hydrogen-bond donors (Lipinski definition) is 1. The van der Waals surface area contributed by atoms with Gasteiger partial charge in [-0.15, -0.1) is 0 Å². The Morgan fingerprint density at radius 2 is 0.825 bits per heavy atom. The molecule has 1 aliphatic carbocycles. The number of likely N-dealkylation sites (tertiary alicyclic amines) is 3. The van der Waals surface area contributed by atoms with Gasteiger partial charge >= 0.3 is 0 Å². The van der Waals surface area contributed by atoms with Crippen LogP contribution < -0.4 is 5.32 Å².